The van der Waals surface area contributed by atoms with Gasteiger partial charge in [0, 0.05) is 19.3 Å². The zero-order chi connectivity index (χ0) is 43.7. The highest BCUT2D eigenvalue weighted by Gasteiger charge is 2.19. The Labute approximate surface area is 367 Å². The van der Waals surface area contributed by atoms with Crippen LogP contribution in [0, 0.1) is 0 Å². The van der Waals surface area contributed by atoms with Crippen LogP contribution in [0.25, 0.3) is 0 Å². The van der Waals surface area contributed by atoms with Crippen molar-refractivity contribution in [1.29, 1.82) is 0 Å². The smallest absolute Gasteiger partial charge is 0.306 e. The first-order valence-corrected chi connectivity index (χ1v) is 23.6. The molecule has 0 bridgehead atoms. The topological polar surface area (TPSA) is 78.9 Å². The Morgan fingerprint density at radius 3 is 1.27 bits per heavy atom. The molecule has 1 atom stereocenters. The van der Waals surface area contributed by atoms with Gasteiger partial charge in [-0.3, -0.25) is 14.4 Å². The number of hydrogen-bond donors (Lipinski definition) is 0. The summed E-state index contributed by atoms with van der Waals surface area (Å²) in [5.74, 6) is -1.12. The molecule has 0 fully saturated rings. The maximum absolute atomic E-state index is 12.7. The first-order chi connectivity index (χ1) is 29.5. The average molecular weight is 829 g/mol. The Kier molecular flexibility index (Phi) is 44.2. The molecule has 0 amide bonds. The van der Waals surface area contributed by atoms with E-state index in [2.05, 4.69) is 118 Å². The van der Waals surface area contributed by atoms with Crippen LogP contribution in [0.5, 0.6) is 0 Å². The van der Waals surface area contributed by atoms with Crippen LogP contribution >= 0.6 is 0 Å². The number of allylic oxidation sites excluding steroid dienone is 20. The van der Waals surface area contributed by atoms with Crippen molar-refractivity contribution in [3.05, 3.63) is 122 Å². The predicted molar refractivity (Wildman–Crippen MR) is 256 cm³/mol. The van der Waals surface area contributed by atoms with Crippen molar-refractivity contribution in [3.8, 4) is 0 Å². The van der Waals surface area contributed by atoms with E-state index in [9.17, 15) is 14.4 Å². The summed E-state index contributed by atoms with van der Waals surface area (Å²) in [6, 6.07) is 0. The third kappa shape index (κ3) is 44.9. The zero-order valence-electron chi connectivity index (χ0n) is 38.2. The van der Waals surface area contributed by atoms with Gasteiger partial charge in [0.25, 0.3) is 0 Å². The highest BCUT2D eigenvalue weighted by molar-refractivity contribution is 5.71. The number of esters is 3. The molecule has 0 radical (unpaired) electrons. The minimum absolute atomic E-state index is 0.144. The quantitative estimate of drug-likeness (QED) is 0.0201. The SMILES string of the molecule is CC/C=C/C=C/C=C/CCCCCCCC(=O)OC(COC(=O)CC/C=C/C/C=C/C/C=C/C/C=C/C/C=C/CC)COC(=O)CC/C=C/C/C=C/CCCCCCCC. The summed E-state index contributed by atoms with van der Waals surface area (Å²) in [5.41, 5.74) is 0. The summed E-state index contributed by atoms with van der Waals surface area (Å²) in [7, 11) is 0. The van der Waals surface area contributed by atoms with Gasteiger partial charge < -0.3 is 14.2 Å². The van der Waals surface area contributed by atoms with Crippen molar-refractivity contribution in [2.24, 2.45) is 0 Å². The van der Waals surface area contributed by atoms with Gasteiger partial charge in [-0.2, -0.15) is 0 Å². The fraction of sp³-hybridized carbons (Fsp3) is 0.574. The van der Waals surface area contributed by atoms with E-state index < -0.39 is 6.10 Å². The van der Waals surface area contributed by atoms with Gasteiger partial charge >= 0.3 is 17.9 Å². The molecule has 1 unspecified atom stereocenters. The molecule has 6 heteroatoms. The average Bonchev–Trinajstić information content (AvgIpc) is 3.24. The minimum atomic E-state index is -0.843. The molecular weight excluding hydrogens is 745 g/mol. The number of ether oxygens (including phenoxy) is 3. The summed E-state index contributed by atoms with van der Waals surface area (Å²) in [6.45, 7) is 6.21. The van der Waals surface area contributed by atoms with Gasteiger partial charge in [0.2, 0.25) is 0 Å². The highest BCUT2D eigenvalue weighted by Crippen LogP contribution is 2.11. The second-order valence-electron chi connectivity index (χ2n) is 15.0. The van der Waals surface area contributed by atoms with Crippen molar-refractivity contribution in [2.75, 3.05) is 13.2 Å². The number of hydrogen-bond acceptors (Lipinski definition) is 6. The standard InChI is InChI=1S/C54H84O6/c1-4-7-10-13-16-19-22-25-26-27-30-32-35-38-41-44-47-53(56)59-50-51(60-54(57)48-45-42-39-36-33-29-24-21-18-15-12-9-6-3)49-58-52(55)46-43-40-37-34-31-28-23-20-17-14-11-8-5-2/h7,9-10,12,15-16,18-19,21,24-26,28,30-32,37-38,40-41,51H,4-6,8,11,13-14,17,20,22-23,27,29,33-36,39,42-50H2,1-3H3/b10-7+,12-9+,18-15+,19-16+,24-21+,26-25+,31-28+,32-30+,40-37+,41-38+. The Morgan fingerprint density at radius 1 is 0.367 bits per heavy atom. The van der Waals surface area contributed by atoms with Gasteiger partial charge in [-0.1, -0.05) is 194 Å². The largest absolute Gasteiger partial charge is 0.462 e. The molecule has 60 heavy (non-hydrogen) atoms. The minimum Gasteiger partial charge on any atom is -0.462 e. The lowest BCUT2D eigenvalue weighted by molar-refractivity contribution is -0.166. The van der Waals surface area contributed by atoms with Crippen LogP contribution in [-0.4, -0.2) is 37.2 Å². The fourth-order valence-corrected chi connectivity index (χ4v) is 5.78. The van der Waals surface area contributed by atoms with Crippen LogP contribution in [0.3, 0.4) is 0 Å². The van der Waals surface area contributed by atoms with Crippen LogP contribution in [0.4, 0.5) is 0 Å². The Hall–Kier alpha value is -4.19. The lowest BCUT2D eigenvalue weighted by Gasteiger charge is -2.18. The third-order valence-corrected chi connectivity index (χ3v) is 9.27. The molecule has 0 aliphatic carbocycles. The van der Waals surface area contributed by atoms with E-state index in [1.807, 2.05) is 24.3 Å². The van der Waals surface area contributed by atoms with Crippen molar-refractivity contribution in [2.45, 2.75) is 187 Å². The zero-order valence-corrected chi connectivity index (χ0v) is 38.2. The molecule has 0 aliphatic rings. The van der Waals surface area contributed by atoms with Crippen molar-refractivity contribution < 1.29 is 28.6 Å². The molecule has 0 rings (SSSR count). The van der Waals surface area contributed by atoms with Gasteiger partial charge in [0.15, 0.2) is 6.10 Å². The van der Waals surface area contributed by atoms with E-state index in [4.69, 9.17) is 14.2 Å². The molecule has 0 aliphatic heterocycles. The maximum Gasteiger partial charge on any atom is 0.306 e. The molecule has 6 nitrogen and oxygen atoms in total. The molecule has 336 valence electrons. The van der Waals surface area contributed by atoms with Gasteiger partial charge in [-0.05, 0) is 89.9 Å². The first kappa shape index (κ1) is 55.8. The van der Waals surface area contributed by atoms with Gasteiger partial charge in [-0.15, -0.1) is 0 Å². The van der Waals surface area contributed by atoms with Gasteiger partial charge in [0.05, 0.1) is 0 Å². The fourth-order valence-electron chi connectivity index (χ4n) is 5.78. The molecule has 0 aromatic heterocycles. The number of carbonyl (C=O) groups excluding carboxylic acids is 3. The second kappa shape index (κ2) is 47.5. The predicted octanol–water partition coefficient (Wildman–Crippen LogP) is 15.4. The number of rotatable bonds is 40. The van der Waals surface area contributed by atoms with E-state index in [0.717, 1.165) is 89.9 Å². The molecule has 0 aromatic rings. The van der Waals surface area contributed by atoms with Crippen LogP contribution in [0.2, 0.25) is 0 Å². The Morgan fingerprint density at radius 2 is 0.767 bits per heavy atom. The van der Waals surface area contributed by atoms with Crippen molar-refractivity contribution in [3.63, 3.8) is 0 Å². The lowest BCUT2D eigenvalue weighted by Crippen LogP contribution is -2.30. The molecule has 0 saturated carbocycles. The molecule has 0 heterocycles. The first-order valence-electron chi connectivity index (χ1n) is 23.6. The van der Waals surface area contributed by atoms with Crippen LogP contribution < -0.4 is 0 Å². The summed E-state index contributed by atoms with van der Waals surface area (Å²) >= 11 is 0. The van der Waals surface area contributed by atoms with Gasteiger partial charge in [-0.25, -0.2) is 0 Å². The van der Waals surface area contributed by atoms with Crippen LogP contribution in [0.1, 0.15) is 181 Å². The summed E-state index contributed by atoms with van der Waals surface area (Å²) < 4.78 is 16.6. The third-order valence-electron chi connectivity index (χ3n) is 9.27. The van der Waals surface area contributed by atoms with E-state index >= 15 is 0 Å². The number of unbranched alkanes of at least 4 members (excludes halogenated alkanes) is 11. The Bertz CT molecular complexity index is 1320. The monoisotopic (exact) mass is 829 g/mol. The summed E-state index contributed by atoms with van der Waals surface area (Å²) in [6.07, 6.45) is 64.9. The molecule has 0 N–H and O–H groups in total. The van der Waals surface area contributed by atoms with E-state index in [1.54, 1.807) is 0 Å². The Balaban J connectivity index is 4.62. The van der Waals surface area contributed by atoms with Crippen LogP contribution in [0.15, 0.2) is 122 Å². The number of carbonyl (C=O) groups is 3. The molecule has 0 spiro atoms. The molecule has 0 saturated heterocycles. The van der Waals surface area contributed by atoms with Crippen molar-refractivity contribution in [1.82, 2.24) is 0 Å². The van der Waals surface area contributed by atoms with E-state index in [1.165, 1.54) is 38.5 Å². The summed E-state index contributed by atoms with van der Waals surface area (Å²) in [5, 5.41) is 0. The second-order valence-corrected chi connectivity index (χ2v) is 15.0. The molecule has 0 aromatic carbocycles. The summed E-state index contributed by atoms with van der Waals surface area (Å²) in [4.78, 5) is 37.8. The highest BCUT2D eigenvalue weighted by atomic mass is 16.6. The van der Waals surface area contributed by atoms with E-state index in [0.29, 0.717) is 12.8 Å². The van der Waals surface area contributed by atoms with Crippen LogP contribution in [-0.2, 0) is 28.6 Å². The molecular formula is C54H84O6. The van der Waals surface area contributed by atoms with E-state index in [-0.39, 0.29) is 50.4 Å². The van der Waals surface area contributed by atoms with Crippen molar-refractivity contribution >= 4 is 17.9 Å². The normalized spacial score (nSPS) is 13.2. The lowest BCUT2D eigenvalue weighted by atomic mass is 10.1. The van der Waals surface area contributed by atoms with Gasteiger partial charge in [0.1, 0.15) is 13.2 Å². The maximum atomic E-state index is 12.7.